The third kappa shape index (κ3) is 3.06. The maximum atomic E-state index is 11.1. The predicted molar refractivity (Wildman–Crippen MR) is 77.7 cm³/mol. The van der Waals surface area contributed by atoms with Gasteiger partial charge in [-0.3, -0.25) is 10.1 Å². The molecule has 6 heteroatoms. The Morgan fingerprint density at radius 1 is 1.58 bits per heavy atom. The zero-order valence-corrected chi connectivity index (χ0v) is 12.6. The predicted octanol–water partition coefficient (Wildman–Crippen LogP) is 3.36. The van der Waals surface area contributed by atoms with Crippen molar-refractivity contribution in [3.05, 3.63) is 32.8 Å². The molecule has 1 aliphatic heterocycles. The third-order valence-electron chi connectivity index (χ3n) is 3.56. The van der Waals surface area contributed by atoms with E-state index in [1.807, 2.05) is 11.8 Å². The van der Waals surface area contributed by atoms with Gasteiger partial charge in [0, 0.05) is 23.6 Å². The lowest BCUT2D eigenvalue weighted by Gasteiger charge is -2.41. The Labute approximate surface area is 120 Å². The van der Waals surface area contributed by atoms with Gasteiger partial charge in [-0.1, -0.05) is 22.9 Å². The van der Waals surface area contributed by atoms with Gasteiger partial charge < -0.3 is 9.64 Å². The first kappa shape index (κ1) is 14.3. The maximum Gasteiger partial charge on any atom is 0.292 e. The smallest absolute Gasteiger partial charge is 0.292 e. The van der Waals surface area contributed by atoms with Crippen molar-refractivity contribution in [1.82, 2.24) is 0 Å². The van der Waals surface area contributed by atoms with E-state index in [0.29, 0.717) is 25.4 Å². The number of morpholine rings is 1. The molecule has 0 saturated carbocycles. The molecule has 1 saturated heterocycles. The van der Waals surface area contributed by atoms with Crippen LogP contribution in [0.5, 0.6) is 0 Å². The molecule has 0 bridgehead atoms. The third-order valence-corrected chi connectivity index (χ3v) is 4.05. The number of halogens is 1. The maximum absolute atomic E-state index is 11.1. The van der Waals surface area contributed by atoms with Crippen LogP contribution in [0.15, 0.2) is 22.7 Å². The van der Waals surface area contributed by atoms with E-state index < -0.39 is 0 Å². The molecule has 1 fully saturated rings. The van der Waals surface area contributed by atoms with Gasteiger partial charge >= 0.3 is 0 Å². The van der Waals surface area contributed by atoms with Gasteiger partial charge in [-0.2, -0.15) is 0 Å². The molecule has 1 unspecified atom stereocenters. The van der Waals surface area contributed by atoms with Crippen LogP contribution >= 0.6 is 15.9 Å². The summed E-state index contributed by atoms with van der Waals surface area (Å²) in [4.78, 5) is 12.8. The van der Waals surface area contributed by atoms with Gasteiger partial charge in [-0.05, 0) is 25.5 Å². The van der Waals surface area contributed by atoms with Crippen LogP contribution in [0.1, 0.15) is 20.3 Å². The minimum Gasteiger partial charge on any atom is -0.372 e. The normalized spacial score (nSPS) is 23.4. The van der Waals surface area contributed by atoms with Crippen molar-refractivity contribution in [2.75, 3.05) is 24.6 Å². The van der Waals surface area contributed by atoms with Gasteiger partial charge in [-0.15, -0.1) is 0 Å². The van der Waals surface area contributed by atoms with Crippen LogP contribution in [-0.4, -0.2) is 30.2 Å². The number of hydrogen-bond acceptors (Lipinski definition) is 4. The number of anilines is 1. The number of rotatable bonds is 3. The Balaban J connectivity index is 2.35. The zero-order chi connectivity index (χ0) is 14.0. The van der Waals surface area contributed by atoms with E-state index in [9.17, 15) is 10.1 Å². The zero-order valence-electron chi connectivity index (χ0n) is 11.1. The Bertz CT molecular complexity index is 495. The molecule has 104 valence electrons. The van der Waals surface area contributed by atoms with E-state index in [1.54, 1.807) is 12.1 Å². The highest BCUT2D eigenvalue weighted by molar-refractivity contribution is 9.10. The quantitative estimate of drug-likeness (QED) is 0.630. The molecule has 1 heterocycles. The summed E-state index contributed by atoms with van der Waals surface area (Å²) in [5.74, 6) is 0. The van der Waals surface area contributed by atoms with E-state index in [4.69, 9.17) is 4.74 Å². The first-order valence-corrected chi connectivity index (χ1v) is 7.07. The summed E-state index contributed by atoms with van der Waals surface area (Å²) in [5.41, 5.74) is 0.556. The van der Waals surface area contributed by atoms with Crippen molar-refractivity contribution in [1.29, 1.82) is 0 Å². The molecule has 19 heavy (non-hydrogen) atoms. The first-order chi connectivity index (χ1) is 8.95. The Kier molecular flexibility index (Phi) is 4.10. The lowest BCUT2D eigenvalue weighted by atomic mass is 10.0. The van der Waals surface area contributed by atoms with Crippen LogP contribution in [0.25, 0.3) is 0 Å². The molecular weight excluding hydrogens is 312 g/mol. The second kappa shape index (κ2) is 5.46. The fourth-order valence-electron chi connectivity index (χ4n) is 2.25. The van der Waals surface area contributed by atoms with Crippen LogP contribution in [0, 0.1) is 10.1 Å². The minimum absolute atomic E-state index is 0.142. The van der Waals surface area contributed by atoms with Crippen molar-refractivity contribution >= 4 is 27.3 Å². The lowest BCUT2D eigenvalue weighted by Crippen LogP contribution is -2.50. The van der Waals surface area contributed by atoms with E-state index in [1.165, 1.54) is 6.07 Å². The molecule has 0 aliphatic carbocycles. The van der Waals surface area contributed by atoms with Crippen molar-refractivity contribution < 1.29 is 9.66 Å². The molecule has 1 atom stereocenters. The van der Waals surface area contributed by atoms with E-state index in [0.717, 1.165) is 10.9 Å². The summed E-state index contributed by atoms with van der Waals surface area (Å²) in [6, 6.07) is 5.04. The number of hydrogen-bond donors (Lipinski definition) is 0. The molecule has 0 radical (unpaired) electrons. The van der Waals surface area contributed by atoms with Crippen molar-refractivity contribution in [3.8, 4) is 0 Å². The number of nitro benzene ring substituents is 1. The largest absolute Gasteiger partial charge is 0.372 e. The summed E-state index contributed by atoms with van der Waals surface area (Å²) in [7, 11) is 0. The summed E-state index contributed by atoms with van der Waals surface area (Å²) in [6.45, 7) is 6.05. The topological polar surface area (TPSA) is 55.6 Å². The van der Waals surface area contributed by atoms with Crippen LogP contribution in [0.3, 0.4) is 0 Å². The second-order valence-corrected chi connectivity index (χ2v) is 5.88. The standard InChI is InChI=1S/C13H17BrN2O3/c1-3-13(2)9-15(6-7-19-13)12-8-10(14)4-5-11(12)16(17)18/h4-5,8H,3,6-7,9H2,1-2H3. The van der Waals surface area contributed by atoms with E-state index in [-0.39, 0.29) is 16.2 Å². The van der Waals surface area contributed by atoms with E-state index in [2.05, 4.69) is 22.9 Å². The van der Waals surface area contributed by atoms with E-state index >= 15 is 0 Å². The molecule has 0 N–H and O–H groups in total. The summed E-state index contributed by atoms with van der Waals surface area (Å²) in [6.07, 6.45) is 0.880. The molecule has 1 aromatic rings. The van der Waals surface area contributed by atoms with Crippen LogP contribution in [0.2, 0.25) is 0 Å². The van der Waals surface area contributed by atoms with Gasteiger partial charge in [-0.25, -0.2) is 0 Å². The minimum atomic E-state index is -0.333. The van der Waals surface area contributed by atoms with Crippen LogP contribution < -0.4 is 4.90 Å². The SMILES string of the molecule is CCC1(C)CN(c2cc(Br)ccc2[N+](=O)[O-])CCO1. The molecular formula is C13H17BrN2O3. The van der Waals surface area contributed by atoms with Crippen LogP contribution in [-0.2, 0) is 4.74 Å². The van der Waals surface area contributed by atoms with Gasteiger partial charge in [0.25, 0.3) is 5.69 Å². The second-order valence-electron chi connectivity index (χ2n) is 4.96. The number of nitro groups is 1. The number of nitrogens with zero attached hydrogens (tertiary/aromatic N) is 2. The van der Waals surface area contributed by atoms with Crippen molar-refractivity contribution in [2.45, 2.75) is 25.9 Å². The number of benzene rings is 1. The van der Waals surface area contributed by atoms with Gasteiger partial charge in [0.15, 0.2) is 0 Å². The van der Waals surface area contributed by atoms with Gasteiger partial charge in [0.1, 0.15) is 5.69 Å². The molecule has 0 amide bonds. The number of ether oxygens (including phenoxy) is 1. The fourth-order valence-corrected chi connectivity index (χ4v) is 2.60. The Morgan fingerprint density at radius 3 is 2.95 bits per heavy atom. The fraction of sp³-hybridized carbons (Fsp3) is 0.538. The Hall–Kier alpha value is -1.14. The molecule has 5 nitrogen and oxygen atoms in total. The Morgan fingerprint density at radius 2 is 2.32 bits per heavy atom. The highest BCUT2D eigenvalue weighted by atomic mass is 79.9. The highest BCUT2D eigenvalue weighted by Crippen LogP contribution is 2.34. The van der Waals surface area contributed by atoms with Gasteiger partial charge in [0.2, 0.25) is 0 Å². The highest BCUT2D eigenvalue weighted by Gasteiger charge is 2.32. The molecule has 2 rings (SSSR count). The van der Waals surface area contributed by atoms with Gasteiger partial charge in [0.05, 0.1) is 17.1 Å². The first-order valence-electron chi connectivity index (χ1n) is 6.28. The summed E-state index contributed by atoms with van der Waals surface area (Å²) >= 11 is 3.38. The average Bonchev–Trinajstić information content (AvgIpc) is 2.38. The monoisotopic (exact) mass is 328 g/mol. The van der Waals surface area contributed by atoms with Crippen LogP contribution in [0.4, 0.5) is 11.4 Å². The van der Waals surface area contributed by atoms with Crippen molar-refractivity contribution in [2.24, 2.45) is 0 Å². The summed E-state index contributed by atoms with van der Waals surface area (Å²) < 4.78 is 6.62. The lowest BCUT2D eigenvalue weighted by molar-refractivity contribution is -0.384. The summed E-state index contributed by atoms with van der Waals surface area (Å²) in [5, 5.41) is 11.1. The average molecular weight is 329 g/mol. The molecule has 1 aliphatic rings. The molecule has 1 aromatic carbocycles. The van der Waals surface area contributed by atoms with Crippen molar-refractivity contribution in [3.63, 3.8) is 0 Å². The molecule has 0 aromatic heterocycles. The molecule has 0 spiro atoms.